The fraction of sp³-hybridized carbons (Fsp3) is 0.900. The molecular formula is C10H21N3O. The van der Waals surface area contributed by atoms with Gasteiger partial charge in [0.05, 0.1) is 6.04 Å². The molecule has 0 aromatic heterocycles. The van der Waals surface area contributed by atoms with Gasteiger partial charge in [-0.25, -0.2) is 0 Å². The third kappa shape index (κ3) is 2.96. The Hall–Kier alpha value is -0.610. The van der Waals surface area contributed by atoms with Crippen LogP contribution in [0.15, 0.2) is 0 Å². The number of nitrogens with one attached hydrogen (secondary N) is 1. The van der Waals surface area contributed by atoms with E-state index in [9.17, 15) is 4.79 Å². The lowest BCUT2D eigenvalue weighted by molar-refractivity contribution is -0.121. The second kappa shape index (κ2) is 5.32. The molecule has 82 valence electrons. The number of rotatable bonds is 3. The highest BCUT2D eigenvalue weighted by molar-refractivity contribution is 5.80. The Morgan fingerprint density at radius 1 is 1.57 bits per heavy atom. The average molecular weight is 199 g/mol. The smallest absolute Gasteiger partial charge is 0.234 e. The summed E-state index contributed by atoms with van der Waals surface area (Å²) in [5.41, 5.74) is 5.35. The summed E-state index contributed by atoms with van der Waals surface area (Å²) in [7, 11) is 3.91. The standard InChI is InChI=1S/C10H21N3O/c1-12-9(10(11)14)8-5-3-4-6-13(2)7-8/h8-9,12H,3-7H2,1-2H3,(H2,11,14). The van der Waals surface area contributed by atoms with Crippen molar-refractivity contribution < 1.29 is 4.79 Å². The highest BCUT2D eigenvalue weighted by Crippen LogP contribution is 2.18. The lowest BCUT2D eigenvalue weighted by Crippen LogP contribution is -2.47. The first-order chi connectivity index (χ1) is 6.65. The SMILES string of the molecule is CNC(C(N)=O)C1CCCCN(C)C1. The van der Waals surface area contributed by atoms with E-state index in [2.05, 4.69) is 17.3 Å². The fourth-order valence-electron chi connectivity index (χ4n) is 2.25. The highest BCUT2D eigenvalue weighted by Gasteiger charge is 2.27. The van der Waals surface area contributed by atoms with Gasteiger partial charge >= 0.3 is 0 Å². The van der Waals surface area contributed by atoms with Crippen LogP contribution in [0.2, 0.25) is 0 Å². The quantitative estimate of drug-likeness (QED) is 0.661. The molecule has 1 aliphatic heterocycles. The lowest BCUT2D eigenvalue weighted by atomic mass is 9.94. The molecule has 4 heteroatoms. The second-order valence-corrected chi connectivity index (χ2v) is 4.19. The third-order valence-electron chi connectivity index (χ3n) is 3.00. The zero-order valence-electron chi connectivity index (χ0n) is 9.12. The van der Waals surface area contributed by atoms with Crippen molar-refractivity contribution in [2.24, 2.45) is 11.7 Å². The number of hydrogen-bond donors (Lipinski definition) is 2. The van der Waals surface area contributed by atoms with Crippen LogP contribution in [0.5, 0.6) is 0 Å². The van der Waals surface area contributed by atoms with Crippen molar-refractivity contribution in [1.82, 2.24) is 10.2 Å². The Morgan fingerprint density at radius 2 is 2.29 bits per heavy atom. The summed E-state index contributed by atoms with van der Waals surface area (Å²) < 4.78 is 0. The molecule has 0 aromatic carbocycles. The minimum atomic E-state index is -0.229. The summed E-state index contributed by atoms with van der Waals surface area (Å²) in [6.07, 6.45) is 3.52. The van der Waals surface area contributed by atoms with Crippen LogP contribution in [-0.2, 0) is 4.79 Å². The molecule has 1 fully saturated rings. The van der Waals surface area contributed by atoms with E-state index in [0.29, 0.717) is 5.92 Å². The van der Waals surface area contributed by atoms with Crippen LogP contribution < -0.4 is 11.1 Å². The summed E-state index contributed by atoms with van der Waals surface area (Å²) in [5, 5.41) is 3.02. The maximum Gasteiger partial charge on any atom is 0.234 e. The number of likely N-dealkylation sites (tertiary alicyclic amines) is 1. The van der Waals surface area contributed by atoms with Crippen LogP contribution in [0, 0.1) is 5.92 Å². The number of carbonyl (C=O) groups excluding carboxylic acids is 1. The van der Waals surface area contributed by atoms with E-state index in [1.807, 2.05) is 0 Å². The van der Waals surface area contributed by atoms with Crippen LogP contribution >= 0.6 is 0 Å². The molecule has 0 radical (unpaired) electrons. The molecule has 0 spiro atoms. The van der Waals surface area contributed by atoms with Crippen molar-refractivity contribution in [3.63, 3.8) is 0 Å². The number of primary amides is 1. The molecule has 1 aliphatic rings. The zero-order chi connectivity index (χ0) is 10.6. The number of likely N-dealkylation sites (N-methyl/N-ethyl adjacent to an activating group) is 1. The molecule has 3 N–H and O–H groups in total. The predicted molar refractivity (Wildman–Crippen MR) is 56.9 cm³/mol. The number of hydrogen-bond acceptors (Lipinski definition) is 3. The summed E-state index contributed by atoms with van der Waals surface area (Å²) in [4.78, 5) is 13.5. The molecule has 0 saturated carbocycles. The van der Waals surface area contributed by atoms with Crippen LogP contribution in [0.4, 0.5) is 0 Å². The first-order valence-corrected chi connectivity index (χ1v) is 5.30. The molecule has 2 atom stereocenters. The van der Waals surface area contributed by atoms with Gasteiger partial charge in [-0.3, -0.25) is 4.79 Å². The van der Waals surface area contributed by atoms with E-state index in [1.54, 1.807) is 7.05 Å². The summed E-state index contributed by atoms with van der Waals surface area (Å²) in [6.45, 7) is 2.10. The number of nitrogens with two attached hydrogens (primary N) is 1. The van der Waals surface area contributed by atoms with Crippen LogP contribution in [0.1, 0.15) is 19.3 Å². The highest BCUT2D eigenvalue weighted by atomic mass is 16.1. The van der Waals surface area contributed by atoms with Crippen LogP contribution in [0.25, 0.3) is 0 Å². The largest absolute Gasteiger partial charge is 0.368 e. The molecule has 4 nitrogen and oxygen atoms in total. The normalized spacial score (nSPS) is 26.9. The summed E-state index contributed by atoms with van der Waals surface area (Å²) in [5.74, 6) is 0.137. The first kappa shape index (κ1) is 11.5. The van der Waals surface area contributed by atoms with Gasteiger partial charge in [0.15, 0.2) is 0 Å². The molecule has 1 heterocycles. The lowest BCUT2D eigenvalue weighted by Gasteiger charge is -2.25. The molecule has 14 heavy (non-hydrogen) atoms. The van der Waals surface area contributed by atoms with E-state index < -0.39 is 0 Å². The van der Waals surface area contributed by atoms with E-state index >= 15 is 0 Å². The minimum Gasteiger partial charge on any atom is -0.368 e. The van der Waals surface area contributed by atoms with Gasteiger partial charge in [0, 0.05) is 6.54 Å². The second-order valence-electron chi connectivity index (χ2n) is 4.19. The van der Waals surface area contributed by atoms with Gasteiger partial charge in [0.1, 0.15) is 0 Å². The molecular weight excluding hydrogens is 178 g/mol. The van der Waals surface area contributed by atoms with Gasteiger partial charge in [-0.05, 0) is 39.4 Å². The van der Waals surface area contributed by atoms with E-state index in [0.717, 1.165) is 19.5 Å². The Bertz CT molecular complexity index is 196. The van der Waals surface area contributed by atoms with Crippen molar-refractivity contribution in [3.05, 3.63) is 0 Å². The molecule has 1 rings (SSSR count). The zero-order valence-corrected chi connectivity index (χ0v) is 9.12. The van der Waals surface area contributed by atoms with Crippen molar-refractivity contribution in [2.45, 2.75) is 25.3 Å². The summed E-state index contributed by atoms with van der Waals surface area (Å²) in [6, 6.07) is -0.171. The van der Waals surface area contributed by atoms with Crippen molar-refractivity contribution in [1.29, 1.82) is 0 Å². The van der Waals surface area contributed by atoms with Gasteiger partial charge in [-0.2, -0.15) is 0 Å². The van der Waals surface area contributed by atoms with Crippen molar-refractivity contribution in [2.75, 3.05) is 27.2 Å². The van der Waals surface area contributed by atoms with Crippen molar-refractivity contribution in [3.8, 4) is 0 Å². The molecule has 0 aliphatic carbocycles. The summed E-state index contributed by atoms with van der Waals surface area (Å²) >= 11 is 0. The Balaban J connectivity index is 2.58. The van der Waals surface area contributed by atoms with Gasteiger partial charge < -0.3 is 16.0 Å². The molecule has 1 saturated heterocycles. The van der Waals surface area contributed by atoms with Crippen molar-refractivity contribution >= 4 is 5.91 Å². The molecule has 1 amide bonds. The maximum atomic E-state index is 11.2. The van der Waals surface area contributed by atoms with E-state index in [-0.39, 0.29) is 11.9 Å². The Labute approximate surface area is 85.8 Å². The molecule has 2 unspecified atom stereocenters. The fourth-order valence-corrected chi connectivity index (χ4v) is 2.25. The number of amides is 1. The van der Waals surface area contributed by atoms with Gasteiger partial charge in [-0.1, -0.05) is 6.42 Å². The predicted octanol–water partition coefficient (Wildman–Crippen LogP) is -0.208. The van der Waals surface area contributed by atoms with Crippen LogP contribution in [-0.4, -0.2) is 44.0 Å². The molecule has 0 aromatic rings. The van der Waals surface area contributed by atoms with E-state index in [1.165, 1.54) is 12.8 Å². The van der Waals surface area contributed by atoms with Gasteiger partial charge in [-0.15, -0.1) is 0 Å². The molecule has 0 bridgehead atoms. The first-order valence-electron chi connectivity index (χ1n) is 5.30. The number of nitrogens with zero attached hydrogens (tertiary/aromatic N) is 1. The van der Waals surface area contributed by atoms with Crippen LogP contribution in [0.3, 0.4) is 0 Å². The maximum absolute atomic E-state index is 11.2. The average Bonchev–Trinajstić information content (AvgIpc) is 2.31. The Kier molecular flexibility index (Phi) is 4.35. The topological polar surface area (TPSA) is 58.4 Å². The van der Waals surface area contributed by atoms with Gasteiger partial charge in [0.2, 0.25) is 5.91 Å². The number of carbonyl (C=O) groups is 1. The Morgan fingerprint density at radius 3 is 2.86 bits per heavy atom. The van der Waals surface area contributed by atoms with E-state index in [4.69, 9.17) is 5.73 Å². The third-order valence-corrected chi connectivity index (χ3v) is 3.00. The monoisotopic (exact) mass is 199 g/mol. The minimum absolute atomic E-state index is 0.171. The van der Waals surface area contributed by atoms with Gasteiger partial charge in [0.25, 0.3) is 0 Å².